The molecule has 182 valence electrons. The first kappa shape index (κ1) is 23.4. The van der Waals surface area contributed by atoms with Gasteiger partial charge >= 0.3 is 0 Å². The molecule has 0 saturated heterocycles. The molecule has 0 radical (unpaired) electrons. The van der Waals surface area contributed by atoms with E-state index >= 15 is 0 Å². The standard InChI is InChI=1S/C33H17N3O3/c34-18-37-23-13-11-22-6-3-8-25(29(22)17-23)27-14-15-28(26-9-4-10-30(33(26)27)38-19-35)32-24-7-2-1-5-21(24)12-16-31(32)39-20-36/h1-17H. The van der Waals surface area contributed by atoms with E-state index in [9.17, 15) is 10.5 Å². The van der Waals surface area contributed by atoms with Crippen LogP contribution in [-0.2, 0) is 0 Å². The van der Waals surface area contributed by atoms with Crippen LogP contribution in [0.5, 0.6) is 17.2 Å². The summed E-state index contributed by atoms with van der Waals surface area (Å²) in [6.07, 6.45) is 5.35. The minimum absolute atomic E-state index is 0.399. The fraction of sp³-hybridized carbons (Fsp3) is 0. The molecule has 0 saturated carbocycles. The quantitative estimate of drug-likeness (QED) is 0.221. The molecular formula is C33H17N3O3. The summed E-state index contributed by atoms with van der Waals surface area (Å²) in [7, 11) is 0. The Balaban J connectivity index is 1.72. The molecule has 0 aliphatic heterocycles. The van der Waals surface area contributed by atoms with Gasteiger partial charge in [0, 0.05) is 10.9 Å². The second-order valence-electron chi connectivity index (χ2n) is 8.77. The lowest BCUT2D eigenvalue weighted by Crippen LogP contribution is -1.94. The molecule has 0 fully saturated rings. The molecule has 39 heavy (non-hydrogen) atoms. The van der Waals surface area contributed by atoms with Crippen LogP contribution in [0.25, 0.3) is 54.6 Å². The van der Waals surface area contributed by atoms with Crippen LogP contribution >= 0.6 is 0 Å². The van der Waals surface area contributed by atoms with Crippen LogP contribution in [0, 0.1) is 34.6 Å². The first-order valence-corrected chi connectivity index (χ1v) is 12.0. The number of benzene rings is 6. The molecule has 0 spiro atoms. The topological polar surface area (TPSA) is 99.1 Å². The maximum atomic E-state index is 9.47. The lowest BCUT2D eigenvalue weighted by atomic mass is 9.88. The number of hydrogen-bond donors (Lipinski definition) is 0. The predicted octanol–water partition coefficient (Wildman–Crippen LogP) is 8.06. The van der Waals surface area contributed by atoms with Crippen molar-refractivity contribution in [2.75, 3.05) is 0 Å². The van der Waals surface area contributed by atoms with Crippen molar-refractivity contribution in [1.29, 1.82) is 15.8 Å². The van der Waals surface area contributed by atoms with E-state index in [1.54, 1.807) is 24.5 Å². The third-order valence-electron chi connectivity index (χ3n) is 6.78. The Hall–Kier alpha value is -6.03. The molecule has 0 amide bonds. The number of nitrogens with zero attached hydrogens (tertiary/aromatic N) is 3. The summed E-state index contributed by atoms with van der Waals surface area (Å²) < 4.78 is 16.0. The fourth-order valence-electron chi connectivity index (χ4n) is 5.22. The Labute approximate surface area is 223 Å². The first-order chi connectivity index (χ1) is 19.2. The van der Waals surface area contributed by atoms with Gasteiger partial charge in [-0.15, -0.1) is 15.8 Å². The van der Waals surface area contributed by atoms with Gasteiger partial charge in [-0.2, -0.15) is 0 Å². The molecule has 6 nitrogen and oxygen atoms in total. The third kappa shape index (κ3) is 3.98. The highest BCUT2D eigenvalue weighted by Crippen LogP contribution is 2.46. The summed E-state index contributed by atoms with van der Waals surface area (Å²) in [5, 5.41) is 33.2. The number of nitriles is 3. The van der Waals surface area contributed by atoms with E-state index in [2.05, 4.69) is 0 Å². The van der Waals surface area contributed by atoms with Gasteiger partial charge in [-0.1, -0.05) is 78.9 Å². The highest BCUT2D eigenvalue weighted by Gasteiger charge is 2.20. The van der Waals surface area contributed by atoms with Gasteiger partial charge in [-0.05, 0) is 67.9 Å². The van der Waals surface area contributed by atoms with Crippen LogP contribution < -0.4 is 14.2 Å². The molecule has 0 unspecified atom stereocenters. The Kier molecular flexibility index (Phi) is 5.87. The zero-order valence-electron chi connectivity index (χ0n) is 20.4. The van der Waals surface area contributed by atoms with Crippen LogP contribution in [0.15, 0.2) is 103 Å². The van der Waals surface area contributed by atoms with E-state index in [-0.39, 0.29) is 0 Å². The highest BCUT2D eigenvalue weighted by atomic mass is 16.5. The zero-order valence-corrected chi connectivity index (χ0v) is 20.4. The highest BCUT2D eigenvalue weighted by molar-refractivity contribution is 6.15. The van der Waals surface area contributed by atoms with Crippen molar-refractivity contribution in [2.24, 2.45) is 0 Å². The maximum absolute atomic E-state index is 9.47. The SMILES string of the molecule is N#COc1ccc2cccc(-c3ccc(-c4c(OC#N)ccc5ccccc45)c4cccc(OC#N)c34)c2c1. The second kappa shape index (κ2) is 9.79. The van der Waals surface area contributed by atoms with E-state index in [1.807, 2.05) is 97.4 Å². The van der Waals surface area contributed by atoms with Gasteiger partial charge in [-0.25, -0.2) is 0 Å². The van der Waals surface area contributed by atoms with E-state index in [0.717, 1.165) is 54.6 Å². The Morgan fingerprint density at radius 1 is 0.462 bits per heavy atom. The van der Waals surface area contributed by atoms with Gasteiger partial charge in [-0.3, -0.25) is 0 Å². The molecule has 6 aromatic rings. The predicted molar refractivity (Wildman–Crippen MR) is 149 cm³/mol. The van der Waals surface area contributed by atoms with Crippen molar-refractivity contribution in [3.63, 3.8) is 0 Å². The second-order valence-corrected chi connectivity index (χ2v) is 8.77. The number of hydrogen-bond acceptors (Lipinski definition) is 6. The third-order valence-corrected chi connectivity index (χ3v) is 6.78. The van der Waals surface area contributed by atoms with E-state index in [0.29, 0.717) is 17.2 Å². The van der Waals surface area contributed by atoms with Crippen molar-refractivity contribution < 1.29 is 14.2 Å². The van der Waals surface area contributed by atoms with Crippen molar-refractivity contribution in [2.45, 2.75) is 0 Å². The Morgan fingerprint density at radius 2 is 1.13 bits per heavy atom. The van der Waals surface area contributed by atoms with E-state index in [1.165, 1.54) is 0 Å². The monoisotopic (exact) mass is 503 g/mol. The van der Waals surface area contributed by atoms with Crippen molar-refractivity contribution >= 4 is 32.3 Å². The molecule has 0 aliphatic rings. The molecule has 0 atom stereocenters. The van der Waals surface area contributed by atoms with Gasteiger partial charge in [0.2, 0.25) is 0 Å². The minimum atomic E-state index is 0.399. The van der Waals surface area contributed by atoms with Gasteiger partial charge in [0.15, 0.2) is 11.5 Å². The molecule has 0 bridgehead atoms. The van der Waals surface area contributed by atoms with E-state index < -0.39 is 0 Å². The normalized spacial score (nSPS) is 10.5. The number of rotatable bonds is 5. The first-order valence-electron chi connectivity index (χ1n) is 12.0. The van der Waals surface area contributed by atoms with Crippen LogP contribution in [0.1, 0.15) is 0 Å². The lowest BCUT2D eigenvalue weighted by molar-refractivity contribution is 0.508. The molecule has 0 heterocycles. The summed E-state index contributed by atoms with van der Waals surface area (Å²) >= 11 is 0. The largest absolute Gasteiger partial charge is 0.388 e. The summed E-state index contributed by atoms with van der Waals surface area (Å²) in [6, 6.07) is 32.5. The van der Waals surface area contributed by atoms with Crippen LogP contribution in [0.4, 0.5) is 0 Å². The molecule has 6 rings (SSSR count). The summed E-state index contributed by atoms with van der Waals surface area (Å²) in [4.78, 5) is 0. The van der Waals surface area contributed by atoms with Crippen molar-refractivity contribution in [3.05, 3.63) is 103 Å². The van der Waals surface area contributed by atoms with Crippen molar-refractivity contribution in [1.82, 2.24) is 0 Å². The molecule has 0 aromatic heterocycles. The summed E-state index contributed by atoms with van der Waals surface area (Å²) in [6.45, 7) is 0. The maximum Gasteiger partial charge on any atom is 0.292 e. The summed E-state index contributed by atoms with van der Waals surface area (Å²) in [5.74, 6) is 1.26. The molecule has 0 N–H and O–H groups in total. The van der Waals surface area contributed by atoms with E-state index in [4.69, 9.17) is 19.5 Å². The molecule has 0 aliphatic carbocycles. The van der Waals surface area contributed by atoms with Crippen LogP contribution in [-0.4, -0.2) is 0 Å². The Morgan fingerprint density at radius 3 is 1.97 bits per heavy atom. The van der Waals surface area contributed by atoms with Gasteiger partial charge in [0.05, 0.1) is 0 Å². The van der Waals surface area contributed by atoms with Crippen LogP contribution in [0.3, 0.4) is 0 Å². The minimum Gasteiger partial charge on any atom is -0.388 e. The average molecular weight is 504 g/mol. The van der Waals surface area contributed by atoms with Gasteiger partial charge in [0.25, 0.3) is 18.8 Å². The summed E-state index contributed by atoms with van der Waals surface area (Å²) in [5.41, 5.74) is 3.31. The zero-order chi connectivity index (χ0) is 26.8. The molecule has 6 heteroatoms. The lowest BCUT2D eigenvalue weighted by Gasteiger charge is -2.18. The van der Waals surface area contributed by atoms with Crippen molar-refractivity contribution in [3.8, 4) is 58.3 Å². The molecule has 6 aromatic carbocycles. The van der Waals surface area contributed by atoms with Gasteiger partial charge in [0.1, 0.15) is 5.75 Å². The smallest absolute Gasteiger partial charge is 0.292 e. The number of ether oxygens (including phenoxy) is 3. The molecular weight excluding hydrogens is 486 g/mol. The Bertz CT molecular complexity index is 2050. The average Bonchev–Trinajstić information content (AvgIpc) is 2.97. The van der Waals surface area contributed by atoms with Gasteiger partial charge < -0.3 is 14.2 Å². The number of fused-ring (bicyclic) bond motifs is 3. The van der Waals surface area contributed by atoms with Crippen LogP contribution in [0.2, 0.25) is 0 Å². The fourth-order valence-corrected chi connectivity index (χ4v) is 5.22.